The third-order valence-electron chi connectivity index (χ3n) is 4.51. The molecule has 9 heteroatoms. The zero-order chi connectivity index (χ0) is 20.1. The van der Waals surface area contributed by atoms with E-state index in [1.165, 1.54) is 28.4 Å². The lowest BCUT2D eigenvalue weighted by Gasteiger charge is -2.28. The highest BCUT2D eigenvalue weighted by Gasteiger charge is 2.34. The molecule has 0 unspecified atom stereocenters. The Morgan fingerprint density at radius 3 is 2.82 bits per heavy atom. The number of nitrogens with zero attached hydrogens (tertiary/aromatic N) is 2. The molecule has 0 radical (unpaired) electrons. The SMILES string of the molecule is COCc1cc(C)nc2sc3c(c12)NCN(c1cccc(C(F)(F)F)c1)C3=O. The molecule has 2 aromatic heterocycles. The van der Waals surface area contributed by atoms with Crippen molar-refractivity contribution >= 4 is 38.8 Å². The molecule has 1 amide bonds. The number of halogens is 3. The van der Waals surface area contributed by atoms with Crippen molar-refractivity contribution in [3.05, 3.63) is 52.0 Å². The minimum absolute atomic E-state index is 0.0687. The molecule has 1 aromatic carbocycles. The van der Waals surface area contributed by atoms with E-state index in [-0.39, 0.29) is 18.3 Å². The standard InChI is InChI=1S/C19H16F3N3O2S/c1-10-6-11(8-27-2)14-15-16(28-17(14)24-10)18(26)25(9-23-15)13-5-3-4-12(7-13)19(20,21)22/h3-7,23H,8-9H2,1-2H3. The molecule has 4 rings (SSSR count). The number of thiophene rings is 1. The number of carbonyl (C=O) groups is 1. The second-order valence-electron chi connectivity index (χ2n) is 6.46. The van der Waals surface area contributed by atoms with Crippen molar-refractivity contribution in [1.29, 1.82) is 0 Å². The summed E-state index contributed by atoms with van der Waals surface area (Å²) in [5, 5.41) is 4.00. The molecule has 0 atom stereocenters. The first-order valence-corrected chi connectivity index (χ1v) is 9.26. The first-order chi connectivity index (χ1) is 13.3. The van der Waals surface area contributed by atoms with Crippen LogP contribution in [0.3, 0.4) is 0 Å². The van der Waals surface area contributed by atoms with Gasteiger partial charge in [-0.15, -0.1) is 11.3 Å². The normalized spacial score (nSPS) is 14.3. The molecule has 5 nitrogen and oxygen atoms in total. The maximum absolute atomic E-state index is 13.1. The Labute approximate surface area is 162 Å². The minimum atomic E-state index is -4.47. The fraction of sp³-hybridized carbons (Fsp3) is 0.263. The predicted octanol–water partition coefficient (Wildman–Crippen LogP) is 4.80. The smallest absolute Gasteiger partial charge is 0.380 e. The molecule has 1 aliphatic heterocycles. The molecule has 1 N–H and O–H groups in total. The molecule has 0 bridgehead atoms. The fourth-order valence-electron chi connectivity index (χ4n) is 3.31. The third-order valence-corrected chi connectivity index (χ3v) is 5.58. The summed E-state index contributed by atoms with van der Waals surface area (Å²) in [7, 11) is 1.59. The highest BCUT2D eigenvalue weighted by atomic mass is 32.1. The van der Waals surface area contributed by atoms with E-state index in [0.717, 1.165) is 28.8 Å². The Kier molecular flexibility index (Phi) is 4.51. The van der Waals surface area contributed by atoms with E-state index in [9.17, 15) is 18.0 Å². The van der Waals surface area contributed by atoms with Crippen LogP contribution in [0.2, 0.25) is 0 Å². The number of carbonyl (C=O) groups excluding carboxylic acids is 1. The van der Waals surface area contributed by atoms with Crippen molar-refractivity contribution in [2.24, 2.45) is 0 Å². The van der Waals surface area contributed by atoms with Crippen LogP contribution in [-0.4, -0.2) is 24.7 Å². The summed E-state index contributed by atoms with van der Waals surface area (Å²) in [6.07, 6.45) is -4.47. The van der Waals surface area contributed by atoms with Crippen LogP contribution in [-0.2, 0) is 17.5 Å². The number of alkyl halides is 3. The third kappa shape index (κ3) is 3.10. The monoisotopic (exact) mass is 407 g/mol. The van der Waals surface area contributed by atoms with Crippen LogP contribution in [0.5, 0.6) is 0 Å². The number of rotatable bonds is 3. The van der Waals surface area contributed by atoms with Crippen molar-refractivity contribution < 1.29 is 22.7 Å². The Morgan fingerprint density at radius 1 is 1.32 bits per heavy atom. The zero-order valence-electron chi connectivity index (χ0n) is 15.1. The molecular formula is C19H16F3N3O2S. The lowest BCUT2D eigenvalue weighted by molar-refractivity contribution is -0.137. The molecule has 0 aliphatic carbocycles. The number of methoxy groups -OCH3 is 1. The molecule has 0 saturated heterocycles. The molecule has 3 aromatic rings. The van der Waals surface area contributed by atoms with Crippen molar-refractivity contribution in [1.82, 2.24) is 4.98 Å². The van der Waals surface area contributed by atoms with Gasteiger partial charge in [0, 0.05) is 23.9 Å². The van der Waals surface area contributed by atoms with Crippen LogP contribution in [0.4, 0.5) is 24.5 Å². The number of aromatic nitrogens is 1. The van der Waals surface area contributed by atoms with Gasteiger partial charge >= 0.3 is 6.18 Å². The van der Waals surface area contributed by atoms with Crippen molar-refractivity contribution in [3.8, 4) is 0 Å². The number of amides is 1. The fourth-order valence-corrected chi connectivity index (χ4v) is 4.50. The predicted molar refractivity (Wildman–Crippen MR) is 102 cm³/mol. The number of benzene rings is 1. The second-order valence-corrected chi connectivity index (χ2v) is 7.46. The van der Waals surface area contributed by atoms with Gasteiger partial charge in [-0.05, 0) is 36.8 Å². The maximum Gasteiger partial charge on any atom is 0.416 e. The highest BCUT2D eigenvalue weighted by Crippen LogP contribution is 2.41. The molecule has 28 heavy (non-hydrogen) atoms. The van der Waals surface area contributed by atoms with Crippen LogP contribution < -0.4 is 10.2 Å². The lowest BCUT2D eigenvalue weighted by atomic mass is 10.1. The largest absolute Gasteiger partial charge is 0.416 e. The summed E-state index contributed by atoms with van der Waals surface area (Å²) in [4.78, 5) is 20.0. The quantitative estimate of drug-likeness (QED) is 0.678. The average molecular weight is 407 g/mol. The molecule has 146 valence electrons. The number of hydrogen-bond acceptors (Lipinski definition) is 5. The van der Waals surface area contributed by atoms with Crippen LogP contribution in [0, 0.1) is 6.92 Å². The second kappa shape index (κ2) is 6.75. The van der Waals surface area contributed by atoms with Crippen LogP contribution in [0.15, 0.2) is 30.3 Å². The summed E-state index contributed by atoms with van der Waals surface area (Å²) >= 11 is 1.23. The first kappa shape index (κ1) is 18.7. The van der Waals surface area contributed by atoms with E-state index >= 15 is 0 Å². The Bertz CT molecular complexity index is 1080. The van der Waals surface area contributed by atoms with Gasteiger partial charge in [-0.25, -0.2) is 4.98 Å². The highest BCUT2D eigenvalue weighted by molar-refractivity contribution is 7.21. The lowest BCUT2D eigenvalue weighted by Crippen LogP contribution is -2.39. The molecular weight excluding hydrogens is 391 g/mol. The summed E-state index contributed by atoms with van der Waals surface area (Å²) in [5.74, 6) is -0.350. The van der Waals surface area contributed by atoms with Crippen LogP contribution >= 0.6 is 11.3 Å². The van der Waals surface area contributed by atoms with Gasteiger partial charge in [0.25, 0.3) is 5.91 Å². The number of ether oxygens (including phenoxy) is 1. The van der Waals surface area contributed by atoms with Gasteiger partial charge in [-0.3, -0.25) is 9.69 Å². The average Bonchev–Trinajstić information content (AvgIpc) is 3.01. The molecule has 0 spiro atoms. The van der Waals surface area contributed by atoms with Crippen LogP contribution in [0.1, 0.15) is 26.5 Å². The molecule has 1 aliphatic rings. The van der Waals surface area contributed by atoms with E-state index in [1.807, 2.05) is 13.0 Å². The van der Waals surface area contributed by atoms with Crippen LogP contribution in [0.25, 0.3) is 10.2 Å². The summed E-state index contributed by atoms with van der Waals surface area (Å²) in [6, 6.07) is 6.67. The Morgan fingerprint density at radius 2 is 2.11 bits per heavy atom. The number of fused-ring (bicyclic) bond motifs is 3. The van der Waals surface area contributed by atoms with E-state index < -0.39 is 11.7 Å². The van der Waals surface area contributed by atoms with Gasteiger partial charge in [0.15, 0.2) is 0 Å². The van der Waals surface area contributed by atoms with Crippen molar-refractivity contribution in [2.75, 3.05) is 24.0 Å². The van der Waals surface area contributed by atoms with E-state index in [1.54, 1.807) is 7.11 Å². The van der Waals surface area contributed by atoms with Crippen molar-refractivity contribution in [2.45, 2.75) is 19.7 Å². The number of aryl methyl sites for hydroxylation is 1. The molecule has 3 heterocycles. The van der Waals surface area contributed by atoms with Gasteiger partial charge in [0.1, 0.15) is 9.71 Å². The molecule has 0 fully saturated rings. The van der Waals surface area contributed by atoms with Gasteiger partial charge in [0.2, 0.25) is 0 Å². The number of hydrogen-bond donors (Lipinski definition) is 1. The number of anilines is 2. The van der Waals surface area contributed by atoms with E-state index in [4.69, 9.17) is 4.74 Å². The van der Waals surface area contributed by atoms with E-state index in [0.29, 0.717) is 22.0 Å². The maximum atomic E-state index is 13.1. The van der Waals surface area contributed by atoms with Gasteiger partial charge in [0.05, 0.1) is 24.5 Å². The zero-order valence-corrected chi connectivity index (χ0v) is 15.9. The summed E-state index contributed by atoms with van der Waals surface area (Å²) < 4.78 is 44.3. The van der Waals surface area contributed by atoms with Crippen molar-refractivity contribution in [3.63, 3.8) is 0 Å². The van der Waals surface area contributed by atoms with E-state index in [2.05, 4.69) is 10.3 Å². The number of pyridine rings is 1. The van der Waals surface area contributed by atoms with Gasteiger partial charge < -0.3 is 10.1 Å². The summed E-state index contributed by atoms with van der Waals surface area (Å²) in [5.41, 5.74) is 1.78. The molecule has 0 saturated carbocycles. The first-order valence-electron chi connectivity index (χ1n) is 8.44. The topological polar surface area (TPSA) is 54.5 Å². The number of nitrogens with one attached hydrogen (secondary N) is 1. The minimum Gasteiger partial charge on any atom is -0.380 e. The summed E-state index contributed by atoms with van der Waals surface area (Å²) in [6.45, 7) is 2.30. The van der Waals surface area contributed by atoms with Gasteiger partial charge in [-0.1, -0.05) is 6.07 Å². The Balaban J connectivity index is 1.78. The Hall–Kier alpha value is -2.65. The van der Waals surface area contributed by atoms with Gasteiger partial charge in [-0.2, -0.15) is 13.2 Å².